The number of hydrogen-bond acceptors (Lipinski definition) is 3. The second-order valence-corrected chi connectivity index (χ2v) is 5.71. The Labute approximate surface area is 117 Å². The number of rotatable bonds is 7. The van der Waals surface area contributed by atoms with E-state index in [9.17, 15) is 4.79 Å². The number of likely N-dealkylation sites (N-methyl/N-ethyl adjacent to an activating group) is 1. The summed E-state index contributed by atoms with van der Waals surface area (Å²) in [6.45, 7) is 9.53. The molecule has 1 aliphatic rings. The van der Waals surface area contributed by atoms with Crippen LogP contribution in [0.4, 0.5) is 0 Å². The zero-order chi connectivity index (χ0) is 14.3. The Bertz CT molecular complexity index is 270. The molecule has 1 rings (SSSR count). The molecule has 0 spiro atoms. The number of amides is 1. The SMILES string of the molecule is CCCC1(C(=O)N(CC)C(C)COC)CCCNC1. The summed E-state index contributed by atoms with van der Waals surface area (Å²) in [6.07, 6.45) is 4.16. The zero-order valence-electron chi connectivity index (χ0n) is 13.0. The summed E-state index contributed by atoms with van der Waals surface area (Å²) in [5.74, 6) is 0.314. The summed E-state index contributed by atoms with van der Waals surface area (Å²) >= 11 is 0. The summed E-state index contributed by atoms with van der Waals surface area (Å²) in [4.78, 5) is 15.0. The molecule has 1 amide bonds. The van der Waals surface area contributed by atoms with Crippen LogP contribution in [0, 0.1) is 5.41 Å². The fourth-order valence-electron chi connectivity index (χ4n) is 3.24. The van der Waals surface area contributed by atoms with Gasteiger partial charge >= 0.3 is 0 Å². The molecule has 2 unspecified atom stereocenters. The largest absolute Gasteiger partial charge is 0.383 e. The van der Waals surface area contributed by atoms with Gasteiger partial charge in [0, 0.05) is 20.2 Å². The number of hydrogen-bond donors (Lipinski definition) is 1. The van der Waals surface area contributed by atoms with Gasteiger partial charge in [-0.3, -0.25) is 4.79 Å². The average Bonchev–Trinajstić information content (AvgIpc) is 2.41. The third-order valence-corrected chi connectivity index (χ3v) is 4.20. The number of carbonyl (C=O) groups is 1. The Hall–Kier alpha value is -0.610. The highest BCUT2D eigenvalue weighted by Gasteiger charge is 2.41. The molecule has 4 nitrogen and oxygen atoms in total. The average molecular weight is 270 g/mol. The molecule has 1 heterocycles. The van der Waals surface area contributed by atoms with E-state index in [-0.39, 0.29) is 11.5 Å². The second kappa shape index (κ2) is 7.85. The van der Waals surface area contributed by atoms with E-state index < -0.39 is 0 Å². The molecule has 0 bridgehead atoms. The van der Waals surface area contributed by atoms with Crippen LogP contribution >= 0.6 is 0 Å². The van der Waals surface area contributed by atoms with Gasteiger partial charge in [-0.15, -0.1) is 0 Å². The normalized spacial score (nSPS) is 25.1. The Morgan fingerprint density at radius 2 is 2.21 bits per heavy atom. The first-order valence-corrected chi connectivity index (χ1v) is 7.62. The molecule has 112 valence electrons. The van der Waals surface area contributed by atoms with Gasteiger partial charge < -0.3 is 15.0 Å². The molecule has 0 aromatic rings. The molecule has 0 aromatic carbocycles. The molecular weight excluding hydrogens is 240 g/mol. The van der Waals surface area contributed by atoms with Gasteiger partial charge in [-0.25, -0.2) is 0 Å². The van der Waals surface area contributed by atoms with Crippen LogP contribution in [0.15, 0.2) is 0 Å². The van der Waals surface area contributed by atoms with Gasteiger partial charge in [-0.2, -0.15) is 0 Å². The fraction of sp³-hybridized carbons (Fsp3) is 0.933. The molecule has 1 aliphatic heterocycles. The van der Waals surface area contributed by atoms with Crippen molar-refractivity contribution < 1.29 is 9.53 Å². The van der Waals surface area contributed by atoms with Crippen molar-refractivity contribution in [2.75, 3.05) is 33.4 Å². The predicted molar refractivity (Wildman–Crippen MR) is 78.2 cm³/mol. The van der Waals surface area contributed by atoms with Crippen LogP contribution < -0.4 is 5.32 Å². The van der Waals surface area contributed by atoms with Gasteiger partial charge in [0.15, 0.2) is 0 Å². The standard InChI is InChI=1S/C15H30N2O2/c1-5-8-15(9-7-10-16-12-15)14(18)17(6-2)13(3)11-19-4/h13,16H,5-12H2,1-4H3. The first kappa shape index (κ1) is 16.4. The monoisotopic (exact) mass is 270 g/mol. The van der Waals surface area contributed by atoms with Crippen LogP contribution in [0.25, 0.3) is 0 Å². The topological polar surface area (TPSA) is 41.6 Å². The predicted octanol–water partition coefficient (Wildman–Crippen LogP) is 2.04. The van der Waals surface area contributed by atoms with E-state index in [2.05, 4.69) is 26.1 Å². The Balaban J connectivity index is 2.84. The van der Waals surface area contributed by atoms with E-state index in [0.717, 1.165) is 45.3 Å². The molecule has 1 saturated heterocycles. The summed E-state index contributed by atoms with van der Waals surface area (Å²) in [5.41, 5.74) is -0.189. The van der Waals surface area contributed by atoms with Crippen LogP contribution in [0.2, 0.25) is 0 Å². The number of methoxy groups -OCH3 is 1. The van der Waals surface area contributed by atoms with E-state index >= 15 is 0 Å². The number of ether oxygens (including phenoxy) is 1. The Morgan fingerprint density at radius 3 is 2.68 bits per heavy atom. The van der Waals surface area contributed by atoms with Gasteiger partial charge in [0.05, 0.1) is 18.1 Å². The summed E-state index contributed by atoms with van der Waals surface area (Å²) in [5, 5.41) is 3.41. The minimum Gasteiger partial charge on any atom is -0.383 e. The minimum atomic E-state index is -0.189. The van der Waals surface area contributed by atoms with Gasteiger partial charge in [0.2, 0.25) is 5.91 Å². The molecule has 4 heteroatoms. The van der Waals surface area contributed by atoms with Gasteiger partial charge in [0.25, 0.3) is 0 Å². The lowest BCUT2D eigenvalue weighted by atomic mass is 9.75. The van der Waals surface area contributed by atoms with Crippen molar-refractivity contribution in [1.29, 1.82) is 0 Å². The lowest BCUT2D eigenvalue weighted by Crippen LogP contribution is -2.54. The maximum absolute atomic E-state index is 13.0. The molecule has 0 saturated carbocycles. The minimum absolute atomic E-state index is 0.151. The van der Waals surface area contributed by atoms with Gasteiger partial charge in [-0.05, 0) is 39.7 Å². The molecule has 0 radical (unpaired) electrons. The Morgan fingerprint density at radius 1 is 1.47 bits per heavy atom. The summed E-state index contributed by atoms with van der Waals surface area (Å²) in [6, 6.07) is 0.151. The highest BCUT2D eigenvalue weighted by molar-refractivity contribution is 5.83. The quantitative estimate of drug-likeness (QED) is 0.770. The second-order valence-electron chi connectivity index (χ2n) is 5.71. The molecule has 1 N–H and O–H groups in total. The number of nitrogens with zero attached hydrogens (tertiary/aromatic N) is 1. The lowest BCUT2D eigenvalue weighted by Gasteiger charge is -2.41. The maximum Gasteiger partial charge on any atom is 0.230 e. The molecule has 1 fully saturated rings. The fourth-order valence-corrected chi connectivity index (χ4v) is 3.24. The molecule has 19 heavy (non-hydrogen) atoms. The van der Waals surface area contributed by atoms with Crippen LogP contribution in [-0.2, 0) is 9.53 Å². The van der Waals surface area contributed by atoms with Crippen molar-refractivity contribution in [3.63, 3.8) is 0 Å². The van der Waals surface area contributed by atoms with Crippen molar-refractivity contribution in [3.05, 3.63) is 0 Å². The molecule has 0 aromatic heterocycles. The van der Waals surface area contributed by atoms with Crippen molar-refractivity contribution >= 4 is 5.91 Å². The van der Waals surface area contributed by atoms with Crippen LogP contribution in [-0.4, -0.2) is 50.2 Å². The third kappa shape index (κ3) is 3.93. The van der Waals surface area contributed by atoms with E-state index in [4.69, 9.17) is 4.74 Å². The summed E-state index contributed by atoms with van der Waals surface area (Å²) < 4.78 is 5.21. The first-order chi connectivity index (χ1) is 9.11. The Kier molecular flexibility index (Phi) is 6.80. The first-order valence-electron chi connectivity index (χ1n) is 7.62. The highest BCUT2D eigenvalue weighted by Crippen LogP contribution is 2.34. The number of carbonyl (C=O) groups excluding carboxylic acids is 1. The lowest BCUT2D eigenvalue weighted by molar-refractivity contribution is -0.147. The van der Waals surface area contributed by atoms with E-state index in [1.165, 1.54) is 0 Å². The summed E-state index contributed by atoms with van der Waals surface area (Å²) in [7, 11) is 1.69. The van der Waals surface area contributed by atoms with Gasteiger partial charge in [0.1, 0.15) is 0 Å². The molecule has 0 aliphatic carbocycles. The van der Waals surface area contributed by atoms with E-state index in [1.807, 2.05) is 4.90 Å². The number of piperidine rings is 1. The highest BCUT2D eigenvalue weighted by atomic mass is 16.5. The van der Waals surface area contributed by atoms with Crippen molar-refractivity contribution in [2.45, 2.75) is 52.5 Å². The van der Waals surface area contributed by atoms with Crippen LogP contribution in [0.5, 0.6) is 0 Å². The van der Waals surface area contributed by atoms with E-state index in [0.29, 0.717) is 12.5 Å². The van der Waals surface area contributed by atoms with Crippen LogP contribution in [0.3, 0.4) is 0 Å². The van der Waals surface area contributed by atoms with Crippen molar-refractivity contribution in [1.82, 2.24) is 10.2 Å². The molecular formula is C15H30N2O2. The number of nitrogens with one attached hydrogen (secondary N) is 1. The zero-order valence-corrected chi connectivity index (χ0v) is 13.0. The van der Waals surface area contributed by atoms with Crippen LogP contribution in [0.1, 0.15) is 46.5 Å². The third-order valence-electron chi connectivity index (χ3n) is 4.20. The van der Waals surface area contributed by atoms with E-state index in [1.54, 1.807) is 7.11 Å². The molecule has 2 atom stereocenters. The van der Waals surface area contributed by atoms with Crippen molar-refractivity contribution in [2.24, 2.45) is 5.41 Å². The maximum atomic E-state index is 13.0. The van der Waals surface area contributed by atoms with Crippen molar-refractivity contribution in [3.8, 4) is 0 Å². The smallest absolute Gasteiger partial charge is 0.230 e. The van der Waals surface area contributed by atoms with Gasteiger partial charge in [-0.1, -0.05) is 13.3 Å².